The van der Waals surface area contributed by atoms with E-state index < -0.39 is 0 Å². The highest BCUT2D eigenvalue weighted by molar-refractivity contribution is 7.99. The maximum absolute atomic E-state index is 12.1. The van der Waals surface area contributed by atoms with Crippen LogP contribution in [0.25, 0.3) is 11.3 Å². The number of β-lactam (4-membered cyclic amide) rings is 1. The summed E-state index contributed by atoms with van der Waals surface area (Å²) in [6, 6.07) is 21.7. The highest BCUT2D eigenvalue weighted by Crippen LogP contribution is 2.35. The number of hydrogen-bond acceptors (Lipinski definition) is 7. The fraction of sp³-hybridized carbons (Fsp3) is 0.167. The minimum Gasteiger partial charge on any atom is -0.323 e. The van der Waals surface area contributed by atoms with Crippen LogP contribution >= 0.6 is 11.8 Å². The number of rotatable bonds is 7. The molecule has 0 bridgehead atoms. The Morgan fingerprint density at radius 3 is 2.55 bits per heavy atom. The van der Waals surface area contributed by atoms with Crippen LogP contribution in [0.4, 0.5) is 17.3 Å². The molecule has 1 aliphatic rings. The normalized spacial score (nSPS) is 15.3. The van der Waals surface area contributed by atoms with Crippen molar-refractivity contribution >= 4 is 35.0 Å². The SMILES string of the molecule is Cc1cc(Nc2cc(-c3ccccc3)nc(Sc3ccccc3NN3CC(C)C3=O)n2)n[nH]1. The van der Waals surface area contributed by atoms with E-state index in [1.54, 1.807) is 5.01 Å². The number of aromatic nitrogens is 4. The van der Waals surface area contributed by atoms with Crippen LogP contribution in [0.5, 0.6) is 0 Å². The van der Waals surface area contributed by atoms with E-state index in [0.717, 1.165) is 27.5 Å². The Hall–Kier alpha value is -3.85. The van der Waals surface area contributed by atoms with E-state index >= 15 is 0 Å². The number of nitrogens with one attached hydrogen (secondary N) is 3. The molecule has 3 heterocycles. The fourth-order valence-corrected chi connectivity index (χ4v) is 4.35. The number of H-pyrrole nitrogens is 1. The third-order valence-electron chi connectivity index (χ3n) is 5.23. The lowest BCUT2D eigenvalue weighted by Crippen LogP contribution is -2.53. The van der Waals surface area contributed by atoms with Crippen molar-refractivity contribution in [1.82, 2.24) is 25.2 Å². The lowest BCUT2D eigenvalue weighted by Gasteiger charge is -2.37. The van der Waals surface area contributed by atoms with Gasteiger partial charge in [-0.1, -0.05) is 49.4 Å². The Balaban J connectivity index is 1.46. The molecule has 1 amide bonds. The number of nitrogens with zero attached hydrogens (tertiary/aromatic N) is 4. The molecule has 1 saturated heterocycles. The van der Waals surface area contributed by atoms with Gasteiger partial charge in [0.05, 0.1) is 23.8 Å². The number of benzene rings is 2. The molecule has 2 aromatic carbocycles. The van der Waals surface area contributed by atoms with Gasteiger partial charge >= 0.3 is 0 Å². The summed E-state index contributed by atoms with van der Waals surface area (Å²) in [4.78, 5) is 22.5. The monoisotopic (exact) mass is 457 g/mol. The first kappa shape index (κ1) is 21.0. The molecule has 5 rings (SSSR count). The van der Waals surface area contributed by atoms with Crippen LogP contribution < -0.4 is 10.7 Å². The first-order valence-corrected chi connectivity index (χ1v) is 11.5. The van der Waals surface area contributed by atoms with E-state index in [9.17, 15) is 4.79 Å². The number of carbonyl (C=O) groups is 1. The molecule has 0 radical (unpaired) electrons. The molecule has 33 heavy (non-hydrogen) atoms. The predicted octanol–water partition coefficient (Wildman–Crippen LogP) is 4.88. The molecule has 9 heteroatoms. The van der Waals surface area contributed by atoms with Crippen molar-refractivity contribution in [2.24, 2.45) is 5.92 Å². The summed E-state index contributed by atoms with van der Waals surface area (Å²) in [5.74, 6) is 1.49. The van der Waals surface area contributed by atoms with Crippen molar-refractivity contribution in [1.29, 1.82) is 0 Å². The number of hydrazine groups is 1. The van der Waals surface area contributed by atoms with Crippen LogP contribution in [0.1, 0.15) is 12.6 Å². The Morgan fingerprint density at radius 2 is 1.82 bits per heavy atom. The number of amides is 1. The Kier molecular flexibility index (Phi) is 5.70. The minimum absolute atomic E-state index is 0.0579. The predicted molar refractivity (Wildman–Crippen MR) is 129 cm³/mol. The molecular weight excluding hydrogens is 434 g/mol. The van der Waals surface area contributed by atoms with Crippen molar-refractivity contribution in [3.05, 3.63) is 72.4 Å². The van der Waals surface area contributed by atoms with E-state index in [1.807, 2.05) is 80.6 Å². The lowest BCUT2D eigenvalue weighted by atomic mass is 10.0. The van der Waals surface area contributed by atoms with E-state index in [4.69, 9.17) is 9.97 Å². The van der Waals surface area contributed by atoms with Crippen molar-refractivity contribution < 1.29 is 4.79 Å². The molecule has 1 fully saturated rings. The van der Waals surface area contributed by atoms with Crippen LogP contribution in [0.2, 0.25) is 0 Å². The van der Waals surface area contributed by atoms with Crippen molar-refractivity contribution in [2.75, 3.05) is 17.3 Å². The molecule has 1 unspecified atom stereocenters. The van der Waals surface area contributed by atoms with Gasteiger partial charge in [0.1, 0.15) is 5.82 Å². The molecule has 8 nitrogen and oxygen atoms in total. The highest BCUT2D eigenvalue weighted by atomic mass is 32.2. The molecular formula is C24H23N7OS. The fourth-order valence-electron chi connectivity index (χ4n) is 3.49. The minimum atomic E-state index is 0.0579. The Labute approximate surface area is 195 Å². The Bertz CT molecular complexity index is 1290. The topological polar surface area (TPSA) is 98.8 Å². The number of aromatic amines is 1. The molecule has 166 valence electrons. The maximum Gasteiger partial charge on any atom is 0.245 e. The third-order valence-corrected chi connectivity index (χ3v) is 6.17. The van der Waals surface area contributed by atoms with Crippen LogP contribution in [0, 0.1) is 12.8 Å². The molecule has 1 aliphatic heterocycles. The summed E-state index contributed by atoms with van der Waals surface area (Å²) in [5, 5.41) is 12.7. The quantitative estimate of drug-likeness (QED) is 0.269. The number of aryl methyl sites for hydroxylation is 1. The zero-order chi connectivity index (χ0) is 22.8. The number of carbonyl (C=O) groups excluding carboxylic acids is 1. The lowest BCUT2D eigenvalue weighted by molar-refractivity contribution is -0.144. The second kappa shape index (κ2) is 8.95. The summed E-state index contributed by atoms with van der Waals surface area (Å²) in [7, 11) is 0. The average molecular weight is 458 g/mol. The van der Waals surface area contributed by atoms with E-state index in [1.165, 1.54) is 11.8 Å². The van der Waals surface area contributed by atoms with E-state index in [2.05, 4.69) is 20.9 Å². The number of anilines is 3. The van der Waals surface area contributed by atoms with Crippen molar-refractivity contribution in [3.63, 3.8) is 0 Å². The largest absolute Gasteiger partial charge is 0.323 e. The average Bonchev–Trinajstić information content (AvgIpc) is 3.24. The molecule has 1 atom stereocenters. The van der Waals surface area contributed by atoms with Crippen LogP contribution in [-0.4, -0.2) is 37.6 Å². The maximum atomic E-state index is 12.1. The van der Waals surface area contributed by atoms with Gasteiger partial charge in [-0.3, -0.25) is 20.3 Å². The molecule has 2 aromatic heterocycles. The zero-order valence-electron chi connectivity index (χ0n) is 18.2. The van der Waals surface area contributed by atoms with Gasteiger partial charge in [0.25, 0.3) is 0 Å². The molecule has 0 aliphatic carbocycles. The van der Waals surface area contributed by atoms with Crippen LogP contribution in [-0.2, 0) is 4.79 Å². The van der Waals surface area contributed by atoms with Crippen molar-refractivity contribution in [2.45, 2.75) is 23.9 Å². The van der Waals surface area contributed by atoms with Crippen LogP contribution in [0.3, 0.4) is 0 Å². The standard InChI is InChI=1S/C24H23N7OS/c1-15-14-31(23(15)32)30-18-10-6-7-11-20(18)33-24-25-19(17-8-4-3-5-9-17)13-21(27-24)26-22-12-16(2)28-29-22/h3-13,15,30H,14H2,1-2H3,(H2,25,26,27,28,29). The van der Waals surface area contributed by atoms with Gasteiger partial charge in [-0.2, -0.15) is 5.10 Å². The first-order valence-electron chi connectivity index (χ1n) is 10.6. The number of para-hydroxylation sites is 1. The highest BCUT2D eigenvalue weighted by Gasteiger charge is 2.33. The van der Waals surface area contributed by atoms with Gasteiger partial charge in [-0.25, -0.2) is 9.97 Å². The molecule has 0 spiro atoms. The van der Waals surface area contributed by atoms with Gasteiger partial charge in [0, 0.05) is 28.3 Å². The smallest absolute Gasteiger partial charge is 0.245 e. The van der Waals surface area contributed by atoms with E-state index in [0.29, 0.717) is 23.3 Å². The van der Waals surface area contributed by atoms with Gasteiger partial charge < -0.3 is 5.32 Å². The Morgan fingerprint density at radius 1 is 1.03 bits per heavy atom. The summed E-state index contributed by atoms with van der Waals surface area (Å²) >= 11 is 1.44. The molecule has 4 aromatic rings. The van der Waals surface area contributed by atoms with E-state index in [-0.39, 0.29) is 11.8 Å². The van der Waals surface area contributed by atoms with Gasteiger partial charge in [0.15, 0.2) is 11.0 Å². The summed E-state index contributed by atoms with van der Waals surface area (Å²) in [6.07, 6.45) is 0. The zero-order valence-corrected chi connectivity index (χ0v) is 19.1. The van der Waals surface area contributed by atoms with Gasteiger partial charge in [-0.15, -0.1) is 0 Å². The van der Waals surface area contributed by atoms with Crippen LogP contribution in [0.15, 0.2) is 76.8 Å². The third kappa shape index (κ3) is 4.68. The first-order chi connectivity index (χ1) is 16.0. The summed E-state index contributed by atoms with van der Waals surface area (Å²) in [6.45, 7) is 4.57. The van der Waals surface area contributed by atoms with Gasteiger partial charge in [0.2, 0.25) is 5.91 Å². The summed E-state index contributed by atoms with van der Waals surface area (Å²) in [5.41, 5.74) is 6.83. The number of hydrogen-bond donors (Lipinski definition) is 3. The van der Waals surface area contributed by atoms with Gasteiger partial charge in [-0.05, 0) is 30.8 Å². The molecule has 0 saturated carbocycles. The second-order valence-electron chi connectivity index (χ2n) is 7.91. The second-order valence-corrected chi connectivity index (χ2v) is 8.92. The van der Waals surface area contributed by atoms with Crippen molar-refractivity contribution in [3.8, 4) is 11.3 Å². The summed E-state index contributed by atoms with van der Waals surface area (Å²) < 4.78 is 0. The molecule has 3 N–H and O–H groups in total.